The van der Waals surface area contributed by atoms with Crippen LogP contribution in [-0.4, -0.2) is 22.5 Å². The first-order chi connectivity index (χ1) is 8.30. The van der Waals surface area contributed by atoms with Crippen LogP contribution in [0.25, 0.3) is 0 Å². The topological polar surface area (TPSA) is 66.4 Å². The van der Waals surface area contributed by atoms with Gasteiger partial charge in [0.1, 0.15) is 5.54 Å². The molecule has 0 bridgehead atoms. The number of hydrogen-bond donors (Lipinski definition) is 2. The van der Waals surface area contributed by atoms with Gasteiger partial charge in [-0.1, -0.05) is 18.5 Å². The molecule has 0 aliphatic carbocycles. The molecule has 0 aliphatic rings. The molecule has 1 rings (SSSR count). The van der Waals surface area contributed by atoms with Gasteiger partial charge in [0.05, 0.1) is 5.56 Å². The highest BCUT2D eigenvalue weighted by molar-refractivity contribution is 9.10. The summed E-state index contributed by atoms with van der Waals surface area (Å²) in [6, 6.07) is 4.76. The van der Waals surface area contributed by atoms with Gasteiger partial charge >= 0.3 is 5.97 Å². The lowest BCUT2D eigenvalue weighted by Gasteiger charge is -2.24. The Morgan fingerprint density at radius 3 is 2.61 bits per heavy atom. The molecule has 0 fully saturated rings. The van der Waals surface area contributed by atoms with Gasteiger partial charge in [-0.15, -0.1) is 0 Å². The van der Waals surface area contributed by atoms with Crippen LogP contribution in [0.1, 0.15) is 30.6 Å². The van der Waals surface area contributed by atoms with Crippen LogP contribution in [0.4, 0.5) is 0 Å². The highest BCUT2D eigenvalue weighted by Gasteiger charge is 2.33. The molecule has 1 unspecified atom stereocenters. The van der Waals surface area contributed by atoms with Crippen LogP contribution in [0.5, 0.6) is 0 Å². The van der Waals surface area contributed by atoms with Crippen LogP contribution in [0.2, 0.25) is 5.02 Å². The summed E-state index contributed by atoms with van der Waals surface area (Å²) in [6.45, 7) is 3.16. The van der Waals surface area contributed by atoms with Crippen LogP contribution in [0.3, 0.4) is 0 Å². The number of aliphatic carboxylic acids is 1. The van der Waals surface area contributed by atoms with E-state index >= 15 is 0 Å². The first kappa shape index (κ1) is 15.0. The van der Waals surface area contributed by atoms with Gasteiger partial charge in [0.15, 0.2) is 0 Å². The molecule has 0 radical (unpaired) electrons. The number of hydrogen-bond acceptors (Lipinski definition) is 2. The highest BCUT2D eigenvalue weighted by atomic mass is 79.9. The molecule has 18 heavy (non-hydrogen) atoms. The zero-order valence-electron chi connectivity index (χ0n) is 9.96. The average Bonchev–Trinajstić information content (AvgIpc) is 2.31. The van der Waals surface area contributed by atoms with E-state index in [2.05, 4.69) is 21.2 Å². The van der Waals surface area contributed by atoms with E-state index in [1.54, 1.807) is 19.1 Å². The third-order valence-corrected chi connectivity index (χ3v) is 3.67. The van der Waals surface area contributed by atoms with Gasteiger partial charge < -0.3 is 10.4 Å². The summed E-state index contributed by atoms with van der Waals surface area (Å²) in [5, 5.41) is 12.0. The summed E-state index contributed by atoms with van der Waals surface area (Å²) < 4.78 is 0.563. The van der Waals surface area contributed by atoms with Crippen molar-refractivity contribution in [1.29, 1.82) is 0 Å². The quantitative estimate of drug-likeness (QED) is 0.889. The predicted molar refractivity (Wildman–Crippen MR) is 73.0 cm³/mol. The van der Waals surface area contributed by atoms with E-state index in [1.165, 1.54) is 13.0 Å². The molecule has 0 saturated carbocycles. The maximum atomic E-state index is 12.0. The molecule has 0 heterocycles. The van der Waals surface area contributed by atoms with Gasteiger partial charge in [0, 0.05) is 9.50 Å². The standard InChI is InChI=1S/C12H13BrClNO3/c1-3-12(2,11(17)18)15-10(16)8-6-7(14)4-5-9(8)13/h4-6H,3H2,1-2H3,(H,15,16)(H,17,18). The van der Waals surface area contributed by atoms with Crippen molar-refractivity contribution in [2.24, 2.45) is 0 Å². The Morgan fingerprint density at radius 2 is 2.11 bits per heavy atom. The molecule has 2 N–H and O–H groups in total. The Hall–Kier alpha value is -1.07. The largest absolute Gasteiger partial charge is 0.480 e. The van der Waals surface area contributed by atoms with Gasteiger partial charge in [-0.25, -0.2) is 4.79 Å². The number of halogens is 2. The summed E-state index contributed by atoms with van der Waals surface area (Å²) in [4.78, 5) is 23.2. The summed E-state index contributed by atoms with van der Waals surface area (Å²) in [5.41, 5.74) is -0.984. The Labute approximate surface area is 118 Å². The van der Waals surface area contributed by atoms with Crippen LogP contribution in [0.15, 0.2) is 22.7 Å². The molecular formula is C12H13BrClNO3. The van der Waals surface area contributed by atoms with Crippen molar-refractivity contribution < 1.29 is 14.7 Å². The molecule has 1 aromatic rings. The maximum absolute atomic E-state index is 12.0. The van der Waals surface area contributed by atoms with Crippen LogP contribution in [0, 0.1) is 0 Å². The predicted octanol–water partition coefficient (Wildman–Crippen LogP) is 3.09. The number of rotatable bonds is 4. The van der Waals surface area contributed by atoms with Gasteiger partial charge in [-0.05, 0) is 47.5 Å². The fraction of sp³-hybridized carbons (Fsp3) is 0.333. The summed E-state index contributed by atoms with van der Waals surface area (Å²) in [6.07, 6.45) is 0.284. The Kier molecular flexibility index (Phi) is 4.76. The number of carboxylic acid groups (broad SMARTS) is 1. The monoisotopic (exact) mass is 333 g/mol. The number of carboxylic acids is 1. The third kappa shape index (κ3) is 3.23. The first-order valence-electron chi connectivity index (χ1n) is 5.31. The minimum absolute atomic E-state index is 0.284. The average molecular weight is 335 g/mol. The molecule has 0 spiro atoms. The molecular weight excluding hydrogens is 321 g/mol. The summed E-state index contributed by atoms with van der Waals surface area (Å²) in [5.74, 6) is -1.55. The first-order valence-corrected chi connectivity index (χ1v) is 6.48. The van der Waals surface area contributed by atoms with E-state index in [0.29, 0.717) is 15.1 Å². The lowest BCUT2D eigenvalue weighted by Crippen LogP contribution is -2.51. The fourth-order valence-corrected chi connectivity index (χ4v) is 1.88. The zero-order chi connectivity index (χ0) is 13.9. The summed E-state index contributed by atoms with van der Waals surface area (Å²) >= 11 is 9.04. The van der Waals surface area contributed by atoms with Gasteiger partial charge in [0.2, 0.25) is 0 Å². The number of amides is 1. The van der Waals surface area contributed by atoms with E-state index in [-0.39, 0.29) is 6.42 Å². The van der Waals surface area contributed by atoms with Crippen molar-refractivity contribution in [3.05, 3.63) is 33.3 Å². The van der Waals surface area contributed by atoms with E-state index in [0.717, 1.165) is 0 Å². The number of carbonyl (C=O) groups excluding carboxylic acids is 1. The lowest BCUT2D eigenvalue weighted by molar-refractivity contribution is -0.143. The van der Waals surface area contributed by atoms with Crippen molar-refractivity contribution in [3.8, 4) is 0 Å². The molecule has 1 amide bonds. The highest BCUT2D eigenvalue weighted by Crippen LogP contribution is 2.22. The van der Waals surface area contributed by atoms with Crippen LogP contribution < -0.4 is 5.32 Å². The van der Waals surface area contributed by atoms with Crippen molar-refractivity contribution in [3.63, 3.8) is 0 Å². The van der Waals surface area contributed by atoms with E-state index in [9.17, 15) is 9.59 Å². The van der Waals surface area contributed by atoms with Gasteiger partial charge in [0.25, 0.3) is 5.91 Å². The molecule has 0 aromatic heterocycles. The minimum atomic E-state index is -1.29. The van der Waals surface area contributed by atoms with Crippen molar-refractivity contribution in [2.75, 3.05) is 0 Å². The molecule has 1 atom stereocenters. The second-order valence-corrected chi connectivity index (χ2v) is 5.36. The molecule has 1 aromatic carbocycles. The SMILES string of the molecule is CCC(C)(NC(=O)c1cc(Cl)ccc1Br)C(=O)O. The van der Waals surface area contributed by atoms with E-state index in [1.807, 2.05) is 0 Å². The van der Waals surface area contributed by atoms with Crippen molar-refractivity contribution >= 4 is 39.4 Å². The van der Waals surface area contributed by atoms with E-state index < -0.39 is 17.4 Å². The van der Waals surface area contributed by atoms with Crippen LogP contribution >= 0.6 is 27.5 Å². The molecule has 0 saturated heterocycles. The zero-order valence-corrected chi connectivity index (χ0v) is 12.3. The smallest absolute Gasteiger partial charge is 0.329 e. The third-order valence-electron chi connectivity index (χ3n) is 2.74. The normalized spacial score (nSPS) is 13.8. The minimum Gasteiger partial charge on any atom is -0.480 e. The second kappa shape index (κ2) is 5.71. The van der Waals surface area contributed by atoms with Crippen molar-refractivity contribution in [1.82, 2.24) is 5.32 Å². The fourth-order valence-electron chi connectivity index (χ4n) is 1.28. The Morgan fingerprint density at radius 1 is 1.50 bits per heavy atom. The second-order valence-electron chi connectivity index (χ2n) is 4.07. The maximum Gasteiger partial charge on any atom is 0.329 e. The number of benzene rings is 1. The molecule has 4 nitrogen and oxygen atoms in total. The number of carbonyl (C=O) groups is 2. The Balaban J connectivity index is 3.02. The molecule has 6 heteroatoms. The summed E-state index contributed by atoms with van der Waals surface area (Å²) in [7, 11) is 0. The van der Waals surface area contributed by atoms with E-state index in [4.69, 9.17) is 16.7 Å². The Bertz CT molecular complexity index is 492. The van der Waals surface area contributed by atoms with Gasteiger partial charge in [-0.2, -0.15) is 0 Å². The van der Waals surface area contributed by atoms with Crippen molar-refractivity contribution in [2.45, 2.75) is 25.8 Å². The molecule has 0 aliphatic heterocycles. The van der Waals surface area contributed by atoms with Crippen LogP contribution in [-0.2, 0) is 4.79 Å². The lowest BCUT2D eigenvalue weighted by atomic mass is 9.98. The van der Waals surface area contributed by atoms with Gasteiger partial charge in [-0.3, -0.25) is 4.79 Å². The molecule has 98 valence electrons. The number of nitrogens with one attached hydrogen (secondary N) is 1.